The van der Waals surface area contributed by atoms with Crippen LogP contribution in [0.5, 0.6) is 0 Å². The molecule has 0 aliphatic heterocycles. The Labute approximate surface area is 145 Å². The van der Waals surface area contributed by atoms with Crippen LogP contribution in [0.2, 0.25) is 0 Å². The van der Waals surface area contributed by atoms with Gasteiger partial charge in [-0.25, -0.2) is 4.79 Å². The molecule has 4 nitrogen and oxygen atoms in total. The Balaban J connectivity index is 3.50. The van der Waals surface area contributed by atoms with Crippen molar-refractivity contribution in [3.8, 4) is 0 Å². The number of ether oxygens (including phenoxy) is 1. The Morgan fingerprint density at radius 1 is 0.958 bits per heavy atom. The first-order valence-corrected chi connectivity index (χ1v) is 8.82. The Bertz CT molecular complexity index is 532. The lowest BCUT2D eigenvalue weighted by molar-refractivity contribution is -0.159. The highest BCUT2D eigenvalue weighted by atomic mass is 16.5. The van der Waals surface area contributed by atoms with Gasteiger partial charge in [0.15, 0.2) is 6.10 Å². The summed E-state index contributed by atoms with van der Waals surface area (Å²) in [5, 5.41) is 21.0. The second kappa shape index (κ2) is 8.63. The van der Waals surface area contributed by atoms with Gasteiger partial charge in [0.2, 0.25) is 0 Å². The minimum Gasteiger partial charge on any atom is -0.464 e. The van der Waals surface area contributed by atoms with E-state index in [1.807, 2.05) is 0 Å². The number of carbonyl (C=O) groups is 1. The maximum Gasteiger partial charge on any atom is 0.338 e. The van der Waals surface area contributed by atoms with Gasteiger partial charge in [0.05, 0.1) is 6.61 Å². The summed E-state index contributed by atoms with van der Waals surface area (Å²) in [5.41, 5.74) is 3.80. The third kappa shape index (κ3) is 4.58. The molecule has 0 aliphatic rings. The Morgan fingerprint density at radius 2 is 1.42 bits per heavy atom. The number of rotatable bonds is 7. The maximum atomic E-state index is 11.9. The molecular weight excluding hydrogens is 304 g/mol. The average molecular weight is 336 g/mol. The van der Waals surface area contributed by atoms with Crippen molar-refractivity contribution in [2.24, 2.45) is 0 Å². The summed E-state index contributed by atoms with van der Waals surface area (Å²) in [6.07, 6.45) is -2.87. The van der Waals surface area contributed by atoms with E-state index in [1.54, 1.807) is 6.92 Å². The molecule has 0 aliphatic carbocycles. The van der Waals surface area contributed by atoms with E-state index in [0.717, 1.165) is 11.1 Å². The molecule has 0 radical (unpaired) electrons. The van der Waals surface area contributed by atoms with Crippen LogP contribution in [0, 0.1) is 0 Å². The van der Waals surface area contributed by atoms with Crippen molar-refractivity contribution in [2.75, 3.05) is 6.61 Å². The SMILES string of the molecule is CCOC(=O)C(O)C(O)c1c(C(C)C)cc(C(C)C)cc1C(C)C. The summed E-state index contributed by atoms with van der Waals surface area (Å²) in [7, 11) is 0. The molecule has 24 heavy (non-hydrogen) atoms. The van der Waals surface area contributed by atoms with Crippen molar-refractivity contribution in [3.63, 3.8) is 0 Å². The molecule has 1 aromatic rings. The molecule has 1 rings (SSSR count). The molecular formula is C20H32O4. The molecule has 0 heterocycles. The van der Waals surface area contributed by atoms with Gasteiger partial charge in [-0.3, -0.25) is 0 Å². The fourth-order valence-corrected chi connectivity index (χ4v) is 2.87. The number of hydrogen-bond acceptors (Lipinski definition) is 4. The highest BCUT2D eigenvalue weighted by molar-refractivity contribution is 5.75. The fourth-order valence-electron chi connectivity index (χ4n) is 2.87. The number of carbonyl (C=O) groups excluding carboxylic acids is 1. The normalized spacial score (nSPS) is 14.3. The Hall–Kier alpha value is -1.39. The lowest BCUT2D eigenvalue weighted by atomic mass is 9.81. The lowest BCUT2D eigenvalue weighted by Gasteiger charge is -2.27. The topological polar surface area (TPSA) is 66.8 Å². The molecule has 0 fully saturated rings. The van der Waals surface area contributed by atoms with Gasteiger partial charge in [-0.05, 0) is 46.9 Å². The molecule has 0 spiro atoms. The van der Waals surface area contributed by atoms with Crippen LogP contribution in [0.15, 0.2) is 12.1 Å². The van der Waals surface area contributed by atoms with E-state index in [9.17, 15) is 15.0 Å². The first kappa shape index (κ1) is 20.7. The predicted molar refractivity (Wildman–Crippen MR) is 96.3 cm³/mol. The van der Waals surface area contributed by atoms with Gasteiger partial charge in [-0.15, -0.1) is 0 Å². The zero-order chi connectivity index (χ0) is 18.6. The fraction of sp³-hybridized carbons (Fsp3) is 0.650. The monoisotopic (exact) mass is 336 g/mol. The van der Waals surface area contributed by atoms with Crippen molar-refractivity contribution in [1.29, 1.82) is 0 Å². The average Bonchev–Trinajstić information content (AvgIpc) is 2.51. The smallest absolute Gasteiger partial charge is 0.338 e. The maximum absolute atomic E-state index is 11.9. The second-order valence-electron chi connectivity index (χ2n) is 7.22. The van der Waals surface area contributed by atoms with Crippen LogP contribution < -0.4 is 0 Å². The van der Waals surface area contributed by atoms with Gasteiger partial charge < -0.3 is 14.9 Å². The Morgan fingerprint density at radius 3 is 1.75 bits per heavy atom. The Kier molecular flexibility index (Phi) is 7.43. The van der Waals surface area contributed by atoms with E-state index in [2.05, 4.69) is 53.7 Å². The lowest BCUT2D eigenvalue weighted by Crippen LogP contribution is -2.31. The number of benzene rings is 1. The van der Waals surface area contributed by atoms with Crippen LogP contribution in [-0.2, 0) is 9.53 Å². The molecule has 0 amide bonds. The van der Waals surface area contributed by atoms with Gasteiger partial charge >= 0.3 is 5.97 Å². The van der Waals surface area contributed by atoms with Crippen LogP contribution in [-0.4, -0.2) is 28.9 Å². The third-order valence-corrected chi connectivity index (χ3v) is 4.30. The van der Waals surface area contributed by atoms with Gasteiger partial charge in [-0.1, -0.05) is 53.7 Å². The van der Waals surface area contributed by atoms with Crippen molar-refractivity contribution < 1.29 is 19.7 Å². The van der Waals surface area contributed by atoms with Crippen LogP contribution in [0.1, 0.15) is 94.6 Å². The van der Waals surface area contributed by atoms with Crippen molar-refractivity contribution in [3.05, 3.63) is 34.4 Å². The molecule has 0 bridgehead atoms. The first-order valence-electron chi connectivity index (χ1n) is 8.82. The summed E-state index contributed by atoms with van der Waals surface area (Å²) in [4.78, 5) is 11.9. The van der Waals surface area contributed by atoms with Crippen LogP contribution >= 0.6 is 0 Å². The molecule has 4 heteroatoms. The molecule has 0 saturated carbocycles. The zero-order valence-electron chi connectivity index (χ0n) is 16.0. The minimum atomic E-state index is -1.58. The number of aliphatic hydroxyl groups excluding tert-OH is 2. The van der Waals surface area contributed by atoms with E-state index in [1.165, 1.54) is 5.56 Å². The highest BCUT2D eigenvalue weighted by Crippen LogP contribution is 2.37. The molecule has 2 unspecified atom stereocenters. The van der Waals surface area contributed by atoms with Crippen molar-refractivity contribution >= 4 is 5.97 Å². The molecule has 0 aromatic heterocycles. The van der Waals surface area contributed by atoms with E-state index in [0.29, 0.717) is 11.5 Å². The number of aliphatic hydroxyl groups is 2. The van der Waals surface area contributed by atoms with Gasteiger partial charge in [-0.2, -0.15) is 0 Å². The standard InChI is InChI=1S/C20H32O4/c1-8-24-20(23)19(22)18(21)17-15(12(4)5)9-14(11(2)3)10-16(17)13(6)7/h9-13,18-19,21-22H,8H2,1-7H3. The molecule has 0 saturated heterocycles. The van der Waals surface area contributed by atoms with E-state index >= 15 is 0 Å². The quantitative estimate of drug-likeness (QED) is 0.738. The molecule has 136 valence electrons. The number of esters is 1. The summed E-state index contributed by atoms with van der Waals surface area (Å²) >= 11 is 0. The van der Waals surface area contributed by atoms with Crippen molar-refractivity contribution in [2.45, 2.75) is 78.4 Å². The summed E-state index contributed by atoms with van der Waals surface area (Å²) in [5.74, 6) is -0.0935. The highest BCUT2D eigenvalue weighted by Gasteiger charge is 2.32. The van der Waals surface area contributed by atoms with Crippen LogP contribution in [0.3, 0.4) is 0 Å². The summed E-state index contributed by atoms with van der Waals surface area (Å²) < 4.78 is 4.86. The third-order valence-electron chi connectivity index (χ3n) is 4.30. The minimum absolute atomic E-state index is 0.167. The van der Waals surface area contributed by atoms with Gasteiger partial charge in [0, 0.05) is 0 Å². The summed E-state index contributed by atoms with van der Waals surface area (Å²) in [6, 6.07) is 4.16. The molecule has 2 atom stereocenters. The second-order valence-corrected chi connectivity index (χ2v) is 7.22. The zero-order valence-corrected chi connectivity index (χ0v) is 16.0. The van der Waals surface area contributed by atoms with E-state index < -0.39 is 18.2 Å². The van der Waals surface area contributed by atoms with Crippen LogP contribution in [0.4, 0.5) is 0 Å². The van der Waals surface area contributed by atoms with Crippen LogP contribution in [0.25, 0.3) is 0 Å². The van der Waals surface area contributed by atoms with Crippen molar-refractivity contribution in [1.82, 2.24) is 0 Å². The van der Waals surface area contributed by atoms with Gasteiger partial charge in [0.1, 0.15) is 6.10 Å². The van der Waals surface area contributed by atoms with E-state index in [4.69, 9.17) is 4.74 Å². The predicted octanol–water partition coefficient (Wildman–Crippen LogP) is 4.01. The number of hydrogen-bond donors (Lipinski definition) is 2. The van der Waals surface area contributed by atoms with Gasteiger partial charge in [0.25, 0.3) is 0 Å². The van der Waals surface area contributed by atoms with E-state index in [-0.39, 0.29) is 18.4 Å². The molecule has 2 N–H and O–H groups in total. The summed E-state index contributed by atoms with van der Waals surface area (Å²) in [6.45, 7) is 14.3. The largest absolute Gasteiger partial charge is 0.464 e. The molecule has 1 aromatic carbocycles. The first-order chi connectivity index (χ1) is 11.1.